The minimum Gasteiger partial charge on any atom is -0.251 e. The van der Waals surface area contributed by atoms with Crippen molar-refractivity contribution in [2.75, 3.05) is 0 Å². The molecule has 0 saturated carbocycles. The van der Waals surface area contributed by atoms with E-state index < -0.39 is 0 Å². The van der Waals surface area contributed by atoms with Gasteiger partial charge in [-0.05, 0) is 83.4 Å². The first kappa shape index (κ1) is 33.5. The van der Waals surface area contributed by atoms with E-state index in [0.717, 1.165) is 44.2 Å². The Hall–Kier alpha value is -1.49. The molecule has 3 nitrogen and oxygen atoms in total. The van der Waals surface area contributed by atoms with Crippen LogP contribution in [0, 0.1) is 6.92 Å². The fraction of sp³-hybridized carbons (Fsp3) is 0.321. The van der Waals surface area contributed by atoms with Gasteiger partial charge in [-0.1, -0.05) is 64.1 Å². The first-order chi connectivity index (χ1) is 15.2. The largest absolute Gasteiger partial charge is 0.251 e. The zero-order valence-corrected chi connectivity index (χ0v) is 25.6. The van der Waals surface area contributed by atoms with E-state index in [9.17, 15) is 0 Å². The quantitative estimate of drug-likeness (QED) is 0.200. The van der Waals surface area contributed by atoms with Crippen molar-refractivity contribution in [3.63, 3.8) is 0 Å². The summed E-state index contributed by atoms with van der Waals surface area (Å²) in [5.41, 5.74) is 9.20. The number of hydrogen-bond donors (Lipinski definition) is 0. The van der Waals surface area contributed by atoms with Crippen molar-refractivity contribution in [3.05, 3.63) is 87.1 Å². The Kier molecular flexibility index (Phi) is 14.3. The van der Waals surface area contributed by atoms with E-state index in [0.29, 0.717) is 11.8 Å². The van der Waals surface area contributed by atoms with Gasteiger partial charge in [-0.25, -0.2) is 4.98 Å². The summed E-state index contributed by atoms with van der Waals surface area (Å²) < 4.78 is 0.984. The number of aromatic nitrogens is 1. The Balaban J connectivity index is 0.00000385. The molecule has 0 aliphatic rings. The molecule has 3 aromatic rings. The molecule has 0 bridgehead atoms. The van der Waals surface area contributed by atoms with E-state index in [1.54, 1.807) is 0 Å². The third-order valence-corrected chi connectivity index (χ3v) is 6.22. The number of nitrogens with zero attached hydrogens (tertiary/aromatic N) is 3. The normalized spacial score (nSPS) is 11.6. The monoisotopic (exact) mass is 617 g/mol. The summed E-state index contributed by atoms with van der Waals surface area (Å²) in [5, 5.41) is 0. The minimum absolute atomic E-state index is 0. The van der Waals surface area contributed by atoms with Crippen LogP contribution in [0.1, 0.15) is 81.5 Å². The third kappa shape index (κ3) is 8.26. The van der Waals surface area contributed by atoms with E-state index in [1.807, 2.05) is 44.2 Å². The standard InChI is InChI=1S/C28H32BrN3.2ClH.Fe/c1-17(2)22-12-9-13-23(18(3)4)28(22)31-21(7)26-16-10-15-25(32-26)20(6)30-27-19(5)11-8-14-24(27)29;;;/h8-18H,1-7H3;2*1H;. The van der Waals surface area contributed by atoms with Crippen LogP contribution in [0.4, 0.5) is 11.4 Å². The summed E-state index contributed by atoms with van der Waals surface area (Å²) in [6, 6.07) is 18.7. The summed E-state index contributed by atoms with van der Waals surface area (Å²) in [4.78, 5) is 14.8. The fourth-order valence-corrected chi connectivity index (χ4v) is 4.25. The number of aryl methyl sites for hydroxylation is 1. The molecule has 0 spiro atoms. The van der Waals surface area contributed by atoms with Crippen LogP contribution < -0.4 is 0 Å². The second kappa shape index (κ2) is 14.9. The molecule has 0 saturated heterocycles. The molecule has 0 amide bonds. The average Bonchev–Trinajstić information content (AvgIpc) is 2.76. The van der Waals surface area contributed by atoms with Crippen LogP contribution in [-0.4, -0.2) is 16.4 Å². The second-order valence-electron chi connectivity index (χ2n) is 8.80. The Bertz CT molecular complexity index is 1140. The van der Waals surface area contributed by atoms with Crippen molar-refractivity contribution in [2.24, 2.45) is 9.98 Å². The van der Waals surface area contributed by atoms with Crippen LogP contribution in [0.2, 0.25) is 0 Å². The molecule has 0 aliphatic heterocycles. The molecule has 7 heteroatoms. The molecular weight excluding hydrogens is 585 g/mol. The van der Waals surface area contributed by atoms with Crippen LogP contribution in [0.5, 0.6) is 0 Å². The molecule has 0 radical (unpaired) electrons. The predicted molar refractivity (Wildman–Crippen MR) is 156 cm³/mol. The van der Waals surface area contributed by atoms with Gasteiger partial charge in [-0.2, -0.15) is 0 Å². The number of pyridine rings is 1. The number of rotatable bonds is 6. The summed E-state index contributed by atoms with van der Waals surface area (Å²) in [6.07, 6.45) is 0. The minimum atomic E-state index is 0. The molecule has 0 unspecified atom stereocenters. The summed E-state index contributed by atoms with van der Waals surface area (Å²) in [7, 11) is 0. The van der Waals surface area contributed by atoms with E-state index >= 15 is 0 Å². The van der Waals surface area contributed by atoms with Crippen LogP contribution in [0.3, 0.4) is 0 Å². The Morgan fingerprint density at radius 3 is 1.60 bits per heavy atom. The first-order valence-corrected chi connectivity index (χ1v) is 11.9. The predicted octanol–water partition coefficient (Wildman–Crippen LogP) is 9.52. The molecule has 2 aromatic carbocycles. The van der Waals surface area contributed by atoms with Crippen molar-refractivity contribution in [1.82, 2.24) is 4.98 Å². The SMILES string of the molecule is CC(=Nc1c(C)cccc1Br)c1cccc(C(C)=Nc2c(C(C)C)cccc2C(C)C)n1.Cl.Cl.[Fe]. The number of benzene rings is 2. The molecular formula is C28H34BrCl2FeN3. The number of para-hydroxylation sites is 2. The van der Waals surface area contributed by atoms with Gasteiger partial charge in [0.15, 0.2) is 0 Å². The number of hydrogen-bond acceptors (Lipinski definition) is 3. The van der Waals surface area contributed by atoms with Gasteiger partial charge in [0.1, 0.15) is 0 Å². The van der Waals surface area contributed by atoms with Crippen LogP contribution in [-0.2, 0) is 17.1 Å². The molecule has 0 N–H and O–H groups in total. The van der Waals surface area contributed by atoms with Gasteiger partial charge in [0.25, 0.3) is 0 Å². The maximum absolute atomic E-state index is 5.09. The molecule has 0 fully saturated rings. The molecule has 3 rings (SSSR count). The zero-order valence-electron chi connectivity index (χ0n) is 21.2. The smallest absolute Gasteiger partial charge is 0.0849 e. The van der Waals surface area contributed by atoms with Crippen molar-refractivity contribution in [1.29, 1.82) is 0 Å². The maximum Gasteiger partial charge on any atom is 0.0849 e. The topological polar surface area (TPSA) is 37.6 Å². The second-order valence-corrected chi connectivity index (χ2v) is 9.66. The Morgan fingerprint density at radius 1 is 0.714 bits per heavy atom. The number of aliphatic imine (C=N–C) groups is 2. The van der Waals surface area contributed by atoms with Crippen molar-refractivity contribution in [2.45, 2.75) is 60.3 Å². The van der Waals surface area contributed by atoms with E-state index in [2.05, 4.69) is 74.8 Å². The van der Waals surface area contributed by atoms with Gasteiger partial charge in [0, 0.05) is 21.5 Å². The summed E-state index contributed by atoms with van der Waals surface area (Å²) in [6.45, 7) is 15.0. The molecule has 0 aliphatic carbocycles. The van der Waals surface area contributed by atoms with Gasteiger partial charge >= 0.3 is 0 Å². The first-order valence-electron chi connectivity index (χ1n) is 11.1. The van der Waals surface area contributed by atoms with Gasteiger partial charge in [0.05, 0.1) is 34.2 Å². The average molecular weight is 619 g/mol. The molecule has 35 heavy (non-hydrogen) atoms. The molecule has 1 heterocycles. The fourth-order valence-electron chi connectivity index (χ4n) is 3.69. The summed E-state index contributed by atoms with van der Waals surface area (Å²) in [5.74, 6) is 0.808. The number of halogens is 3. The van der Waals surface area contributed by atoms with Gasteiger partial charge in [-0.15, -0.1) is 24.8 Å². The van der Waals surface area contributed by atoms with Crippen molar-refractivity contribution < 1.29 is 17.1 Å². The molecule has 190 valence electrons. The van der Waals surface area contributed by atoms with Gasteiger partial charge in [-0.3, -0.25) is 9.98 Å². The van der Waals surface area contributed by atoms with Crippen molar-refractivity contribution in [3.8, 4) is 0 Å². The van der Waals surface area contributed by atoms with E-state index in [4.69, 9.17) is 15.0 Å². The van der Waals surface area contributed by atoms with Crippen LogP contribution >= 0.6 is 40.7 Å². The van der Waals surface area contributed by atoms with Crippen LogP contribution in [0.15, 0.2) is 69.1 Å². The summed E-state index contributed by atoms with van der Waals surface area (Å²) >= 11 is 3.61. The van der Waals surface area contributed by atoms with Crippen molar-refractivity contribution >= 4 is 63.5 Å². The zero-order chi connectivity index (χ0) is 23.4. The molecule has 1 aromatic heterocycles. The Labute approximate surface area is 241 Å². The van der Waals surface area contributed by atoms with Gasteiger partial charge < -0.3 is 0 Å². The van der Waals surface area contributed by atoms with E-state index in [1.165, 1.54) is 11.1 Å². The van der Waals surface area contributed by atoms with E-state index in [-0.39, 0.29) is 41.9 Å². The molecule has 0 atom stereocenters. The van der Waals surface area contributed by atoms with Gasteiger partial charge in [0.2, 0.25) is 0 Å². The maximum atomic E-state index is 5.09. The Morgan fingerprint density at radius 2 is 1.14 bits per heavy atom. The third-order valence-electron chi connectivity index (χ3n) is 5.58. The van der Waals surface area contributed by atoms with Crippen LogP contribution in [0.25, 0.3) is 0 Å².